The van der Waals surface area contributed by atoms with Crippen molar-refractivity contribution in [1.82, 2.24) is 9.61 Å². The maximum Gasteiger partial charge on any atom is 0.337 e. The molecule has 6 nitrogen and oxygen atoms in total. The van der Waals surface area contributed by atoms with Gasteiger partial charge in [0.25, 0.3) is 0 Å². The Bertz CT molecular complexity index is 610. The Labute approximate surface area is 90.3 Å². The van der Waals surface area contributed by atoms with Crippen LogP contribution < -0.4 is 4.74 Å². The molecule has 0 unspecified atom stereocenters. The monoisotopic (exact) mass is 217 g/mol. The minimum absolute atomic E-state index is 0.0785. The number of pyridine rings is 1. The molecule has 0 fully saturated rings. The third kappa shape index (κ3) is 1.35. The van der Waals surface area contributed by atoms with Crippen LogP contribution in [0.25, 0.3) is 5.52 Å². The average Bonchev–Trinajstić information content (AvgIpc) is 2.70. The van der Waals surface area contributed by atoms with E-state index in [-0.39, 0.29) is 11.3 Å². The zero-order valence-electron chi connectivity index (χ0n) is 8.34. The quantitative estimate of drug-likeness (QED) is 0.807. The van der Waals surface area contributed by atoms with Gasteiger partial charge in [-0.05, 0) is 6.07 Å². The van der Waals surface area contributed by atoms with Gasteiger partial charge in [0.2, 0.25) is 5.88 Å². The molecule has 2 rings (SSSR count). The van der Waals surface area contributed by atoms with Gasteiger partial charge in [-0.3, -0.25) is 0 Å². The number of methoxy groups -OCH3 is 1. The molecule has 2 aromatic rings. The minimum Gasteiger partial charge on any atom is -0.481 e. The Morgan fingerprint density at radius 1 is 1.62 bits per heavy atom. The summed E-state index contributed by atoms with van der Waals surface area (Å²) < 4.78 is 6.31. The van der Waals surface area contributed by atoms with Gasteiger partial charge in [0.05, 0.1) is 18.2 Å². The molecule has 1 N–H and O–H groups in total. The van der Waals surface area contributed by atoms with E-state index in [4.69, 9.17) is 15.1 Å². The number of nitriles is 1. The fourth-order valence-electron chi connectivity index (χ4n) is 1.44. The van der Waals surface area contributed by atoms with Crippen molar-refractivity contribution in [3.63, 3.8) is 0 Å². The van der Waals surface area contributed by atoms with Gasteiger partial charge in [-0.1, -0.05) is 0 Å². The molecule has 0 aliphatic rings. The first kappa shape index (κ1) is 9.98. The lowest BCUT2D eigenvalue weighted by molar-refractivity contribution is 0.0698. The molecular formula is C10H7N3O3. The number of carboxylic acid groups (broad SMARTS) is 1. The highest BCUT2D eigenvalue weighted by Gasteiger charge is 2.14. The molecule has 2 heterocycles. The Balaban J connectivity index is 2.84. The van der Waals surface area contributed by atoms with Crippen molar-refractivity contribution in [3.8, 4) is 11.9 Å². The Hall–Kier alpha value is -2.55. The van der Waals surface area contributed by atoms with Crippen molar-refractivity contribution in [2.75, 3.05) is 7.11 Å². The van der Waals surface area contributed by atoms with Crippen LogP contribution in [-0.2, 0) is 0 Å². The highest BCUT2D eigenvalue weighted by atomic mass is 16.5. The van der Waals surface area contributed by atoms with Crippen LogP contribution in [0.5, 0.6) is 5.88 Å². The van der Waals surface area contributed by atoms with E-state index in [1.165, 1.54) is 29.8 Å². The van der Waals surface area contributed by atoms with Crippen LogP contribution in [0.1, 0.15) is 16.1 Å². The van der Waals surface area contributed by atoms with E-state index in [1.54, 1.807) is 0 Å². The van der Waals surface area contributed by atoms with Gasteiger partial charge in [0, 0.05) is 12.1 Å². The molecule has 0 saturated heterocycles. The van der Waals surface area contributed by atoms with Crippen molar-refractivity contribution in [1.29, 1.82) is 5.26 Å². The second-order valence-corrected chi connectivity index (χ2v) is 3.03. The zero-order chi connectivity index (χ0) is 11.7. The summed E-state index contributed by atoms with van der Waals surface area (Å²) >= 11 is 0. The fraction of sp³-hybridized carbons (Fsp3) is 0.100. The lowest BCUT2D eigenvalue weighted by atomic mass is 10.2. The van der Waals surface area contributed by atoms with Crippen molar-refractivity contribution < 1.29 is 14.6 Å². The summed E-state index contributed by atoms with van der Waals surface area (Å²) in [6.45, 7) is 0. The van der Waals surface area contributed by atoms with Crippen molar-refractivity contribution >= 4 is 11.5 Å². The van der Waals surface area contributed by atoms with Gasteiger partial charge in [0.15, 0.2) is 5.69 Å². The summed E-state index contributed by atoms with van der Waals surface area (Å²) in [6.07, 6.45) is 0. The first-order valence-corrected chi connectivity index (χ1v) is 4.37. The molecule has 2 aromatic heterocycles. The summed E-state index contributed by atoms with van der Waals surface area (Å²) in [6, 6.07) is 6.17. The SMILES string of the molecule is COc1ccc(C(=O)O)c2cc(C#N)nn12. The van der Waals surface area contributed by atoms with Crippen molar-refractivity contribution in [3.05, 3.63) is 29.5 Å². The molecule has 0 radical (unpaired) electrons. The van der Waals surface area contributed by atoms with Crippen LogP contribution in [0.3, 0.4) is 0 Å². The van der Waals surface area contributed by atoms with Crippen molar-refractivity contribution in [2.24, 2.45) is 0 Å². The van der Waals surface area contributed by atoms with Crippen LogP contribution in [0.15, 0.2) is 18.2 Å². The van der Waals surface area contributed by atoms with Crippen LogP contribution in [0.2, 0.25) is 0 Å². The maximum atomic E-state index is 10.9. The van der Waals surface area contributed by atoms with Gasteiger partial charge in [-0.15, -0.1) is 0 Å². The molecule has 0 bridgehead atoms. The molecule has 0 aromatic carbocycles. The summed E-state index contributed by atoms with van der Waals surface area (Å²) in [7, 11) is 1.45. The highest BCUT2D eigenvalue weighted by molar-refractivity contribution is 5.95. The maximum absolute atomic E-state index is 10.9. The number of ether oxygens (including phenoxy) is 1. The Kier molecular flexibility index (Phi) is 2.21. The molecular weight excluding hydrogens is 210 g/mol. The van der Waals surface area contributed by atoms with Crippen LogP contribution >= 0.6 is 0 Å². The predicted octanol–water partition coefficient (Wildman–Crippen LogP) is 0.913. The average molecular weight is 217 g/mol. The second kappa shape index (κ2) is 3.55. The first-order valence-electron chi connectivity index (χ1n) is 4.37. The van der Waals surface area contributed by atoms with Gasteiger partial charge < -0.3 is 9.84 Å². The molecule has 80 valence electrons. The summed E-state index contributed by atoms with van der Waals surface area (Å²) in [5, 5.41) is 21.6. The summed E-state index contributed by atoms with van der Waals surface area (Å²) in [5.41, 5.74) is 0.560. The number of aromatic nitrogens is 2. The van der Waals surface area contributed by atoms with E-state index >= 15 is 0 Å². The van der Waals surface area contributed by atoms with Gasteiger partial charge in [-0.25, -0.2) is 4.79 Å². The number of fused-ring (bicyclic) bond motifs is 1. The van der Waals surface area contributed by atoms with Crippen LogP contribution in [-0.4, -0.2) is 27.8 Å². The third-order valence-electron chi connectivity index (χ3n) is 2.14. The molecule has 0 saturated carbocycles. The lowest BCUT2D eigenvalue weighted by Crippen LogP contribution is -2.03. The first-order chi connectivity index (χ1) is 7.67. The molecule has 6 heteroatoms. The van der Waals surface area contributed by atoms with Crippen molar-refractivity contribution in [2.45, 2.75) is 0 Å². The van der Waals surface area contributed by atoms with E-state index in [9.17, 15) is 4.79 Å². The third-order valence-corrected chi connectivity index (χ3v) is 2.14. The number of carboxylic acids is 1. The van der Waals surface area contributed by atoms with Gasteiger partial charge in [0.1, 0.15) is 6.07 Å². The lowest BCUT2D eigenvalue weighted by Gasteiger charge is -2.04. The second-order valence-electron chi connectivity index (χ2n) is 3.03. The highest BCUT2D eigenvalue weighted by Crippen LogP contribution is 2.19. The molecule has 0 spiro atoms. The normalized spacial score (nSPS) is 10.0. The van der Waals surface area contributed by atoms with E-state index in [1.807, 2.05) is 6.07 Å². The number of hydrogen-bond acceptors (Lipinski definition) is 4. The molecule has 0 aliphatic carbocycles. The smallest absolute Gasteiger partial charge is 0.337 e. The fourth-order valence-corrected chi connectivity index (χ4v) is 1.44. The summed E-state index contributed by atoms with van der Waals surface area (Å²) in [4.78, 5) is 10.9. The summed E-state index contributed by atoms with van der Waals surface area (Å²) in [5.74, 6) is -0.696. The molecule has 0 aliphatic heterocycles. The predicted molar refractivity (Wildman–Crippen MR) is 53.4 cm³/mol. The number of carbonyl (C=O) groups is 1. The largest absolute Gasteiger partial charge is 0.481 e. The van der Waals surface area contributed by atoms with E-state index in [2.05, 4.69) is 5.10 Å². The van der Waals surface area contributed by atoms with Gasteiger partial charge >= 0.3 is 5.97 Å². The Morgan fingerprint density at radius 2 is 2.38 bits per heavy atom. The van der Waals surface area contributed by atoms with E-state index in [0.29, 0.717) is 11.4 Å². The minimum atomic E-state index is -1.07. The number of nitrogens with zero attached hydrogens (tertiary/aromatic N) is 3. The van der Waals surface area contributed by atoms with E-state index < -0.39 is 5.97 Å². The van der Waals surface area contributed by atoms with Crippen LogP contribution in [0, 0.1) is 11.3 Å². The van der Waals surface area contributed by atoms with Gasteiger partial charge in [-0.2, -0.15) is 14.9 Å². The Morgan fingerprint density at radius 3 is 2.94 bits per heavy atom. The molecule has 0 atom stereocenters. The molecule has 0 amide bonds. The number of rotatable bonds is 2. The van der Waals surface area contributed by atoms with Crippen LogP contribution in [0.4, 0.5) is 0 Å². The van der Waals surface area contributed by atoms with E-state index in [0.717, 1.165) is 0 Å². The zero-order valence-corrected chi connectivity index (χ0v) is 8.34. The topological polar surface area (TPSA) is 87.6 Å². The molecule has 16 heavy (non-hydrogen) atoms. The standard InChI is InChI=1S/C10H7N3O3/c1-16-9-3-2-7(10(14)15)8-4-6(5-11)12-13(8)9/h2-4H,1H3,(H,14,15). The number of hydrogen-bond donors (Lipinski definition) is 1. The number of aromatic carboxylic acids is 1.